The molecule has 1 aliphatic carbocycles. The predicted molar refractivity (Wildman–Crippen MR) is 181 cm³/mol. The summed E-state index contributed by atoms with van der Waals surface area (Å²) in [4.78, 5) is 35.4. The molecule has 1 saturated carbocycles. The zero-order chi connectivity index (χ0) is 30.6. The van der Waals surface area contributed by atoms with Crippen molar-refractivity contribution in [3.8, 4) is 11.3 Å². The van der Waals surface area contributed by atoms with E-state index in [1.165, 1.54) is 19.3 Å². The third kappa shape index (κ3) is 6.63. The number of nitrogen functional groups attached to an aromatic ring is 1. The molecule has 3 aromatic heterocycles. The molecule has 0 bridgehead atoms. The minimum absolute atomic E-state index is 0.0843. The number of aryl methyl sites for hydroxylation is 1. The van der Waals surface area contributed by atoms with Crippen molar-refractivity contribution >= 4 is 39.6 Å². The van der Waals surface area contributed by atoms with E-state index in [0.717, 1.165) is 95.1 Å². The van der Waals surface area contributed by atoms with Crippen LogP contribution in [-0.4, -0.2) is 71.2 Å². The Morgan fingerprint density at radius 1 is 1.05 bits per heavy atom. The van der Waals surface area contributed by atoms with E-state index >= 15 is 0 Å². The second-order valence-electron chi connectivity index (χ2n) is 12.4. The second kappa shape index (κ2) is 13.2. The number of anilines is 3. The van der Waals surface area contributed by atoms with E-state index in [4.69, 9.17) is 15.7 Å². The van der Waals surface area contributed by atoms with E-state index in [-0.39, 0.29) is 5.91 Å². The number of piperazine rings is 1. The van der Waals surface area contributed by atoms with Crippen molar-refractivity contribution in [2.45, 2.75) is 52.4 Å². The first-order valence-corrected chi connectivity index (χ1v) is 16.0. The quantitative estimate of drug-likeness (QED) is 0.215. The average molecular weight is 593 g/mol. The van der Waals surface area contributed by atoms with Gasteiger partial charge in [-0.3, -0.25) is 19.8 Å². The van der Waals surface area contributed by atoms with Gasteiger partial charge in [0.15, 0.2) is 0 Å². The van der Waals surface area contributed by atoms with Gasteiger partial charge in [-0.25, -0.2) is 0 Å². The fraction of sp³-hybridized carbons (Fsp3) is 0.429. The number of fused-ring (bicyclic) bond motifs is 1. The predicted octanol–water partition coefficient (Wildman–Crippen LogP) is 6.03. The normalized spacial score (nSPS) is 16.9. The van der Waals surface area contributed by atoms with E-state index in [9.17, 15) is 4.79 Å². The summed E-state index contributed by atoms with van der Waals surface area (Å²) in [5.41, 5.74) is 15.3. The average Bonchev–Trinajstić information content (AvgIpc) is 3.45. The number of pyridine rings is 2. The van der Waals surface area contributed by atoms with Crippen molar-refractivity contribution in [1.29, 1.82) is 0 Å². The molecule has 4 heterocycles. The molecule has 0 unspecified atom stereocenters. The van der Waals surface area contributed by atoms with Gasteiger partial charge < -0.3 is 25.8 Å². The summed E-state index contributed by atoms with van der Waals surface area (Å²) in [7, 11) is 2.16. The topological polar surface area (TPSA) is 116 Å². The molecule has 2 fully saturated rings. The Kier molecular flexibility index (Phi) is 8.93. The van der Waals surface area contributed by atoms with Crippen molar-refractivity contribution in [2.75, 3.05) is 55.7 Å². The molecular weight excluding hydrogens is 548 g/mol. The van der Waals surface area contributed by atoms with E-state index < -0.39 is 0 Å². The van der Waals surface area contributed by atoms with Gasteiger partial charge in [0.1, 0.15) is 0 Å². The third-order valence-electron chi connectivity index (χ3n) is 8.99. The fourth-order valence-electron chi connectivity index (χ4n) is 6.63. The highest BCUT2D eigenvalue weighted by atomic mass is 16.1. The molecule has 0 atom stereocenters. The molecule has 0 radical (unpaired) electrons. The van der Waals surface area contributed by atoms with E-state index in [0.29, 0.717) is 24.6 Å². The number of carbonyl (C=O) groups excluding carboxylic acids is 1. The van der Waals surface area contributed by atoms with Crippen molar-refractivity contribution in [3.63, 3.8) is 0 Å². The lowest BCUT2D eigenvalue weighted by Gasteiger charge is -2.34. The molecule has 1 aromatic carbocycles. The van der Waals surface area contributed by atoms with Crippen molar-refractivity contribution < 1.29 is 4.79 Å². The number of aromatic amines is 1. The molecule has 1 aliphatic heterocycles. The SMILES string of the molecule is CCN=C(c1cc2c(N3CCN(C)CC3)cncc2[nH]1)c1cc(-c2cc(C)cc(NC(=O)CC3CCCCC3)c2)ncc1N. The summed E-state index contributed by atoms with van der Waals surface area (Å²) in [6.07, 6.45) is 12.2. The van der Waals surface area contributed by atoms with Gasteiger partial charge in [0.2, 0.25) is 5.91 Å². The highest BCUT2D eigenvalue weighted by molar-refractivity contribution is 6.17. The number of likely N-dealkylation sites (N-methyl/N-ethyl adjacent to an activating group) is 1. The largest absolute Gasteiger partial charge is 0.397 e. The minimum Gasteiger partial charge on any atom is -0.397 e. The lowest BCUT2D eigenvalue weighted by Crippen LogP contribution is -2.44. The number of H-pyrrole nitrogens is 1. The van der Waals surface area contributed by atoms with Crippen LogP contribution in [0.3, 0.4) is 0 Å². The standard InChI is InChI=1S/C35H44N8O/c1-4-38-35(31-19-28-32(41-31)21-37-22-33(28)43-12-10-42(3)11-13-43)27-18-30(39-20-29(27)36)25-14-23(2)15-26(17-25)40-34(44)16-24-8-6-5-7-9-24/h14-15,17-22,24,41H,4-13,16,36H2,1-3H3,(H,40,44). The third-order valence-corrected chi connectivity index (χ3v) is 8.99. The summed E-state index contributed by atoms with van der Waals surface area (Å²) < 4.78 is 0. The maximum absolute atomic E-state index is 12.9. The highest BCUT2D eigenvalue weighted by Gasteiger charge is 2.21. The first kappa shape index (κ1) is 29.8. The second-order valence-corrected chi connectivity index (χ2v) is 12.4. The molecule has 1 amide bonds. The number of amides is 1. The van der Waals surface area contributed by atoms with Crippen LogP contribution in [0.4, 0.5) is 17.1 Å². The Bertz CT molecular complexity index is 1660. The number of benzene rings is 1. The number of aromatic nitrogens is 3. The van der Waals surface area contributed by atoms with Crippen LogP contribution in [0.1, 0.15) is 62.3 Å². The molecule has 4 aromatic rings. The Morgan fingerprint density at radius 2 is 1.84 bits per heavy atom. The Balaban J connectivity index is 1.30. The van der Waals surface area contributed by atoms with Crippen LogP contribution in [0.25, 0.3) is 22.2 Å². The summed E-state index contributed by atoms with van der Waals surface area (Å²) in [6, 6.07) is 10.3. The van der Waals surface area contributed by atoms with Crippen LogP contribution in [0.2, 0.25) is 0 Å². The minimum atomic E-state index is 0.0843. The maximum Gasteiger partial charge on any atom is 0.224 e. The smallest absolute Gasteiger partial charge is 0.224 e. The number of aliphatic imine (C=N–C) groups is 1. The number of carbonyl (C=O) groups is 1. The van der Waals surface area contributed by atoms with Crippen LogP contribution in [0, 0.1) is 12.8 Å². The molecule has 1 saturated heterocycles. The summed E-state index contributed by atoms with van der Waals surface area (Å²) in [5, 5.41) is 4.28. The summed E-state index contributed by atoms with van der Waals surface area (Å²) in [5.74, 6) is 0.574. The van der Waals surface area contributed by atoms with Gasteiger partial charge in [0.05, 0.1) is 52.6 Å². The number of nitrogens with zero attached hydrogens (tertiary/aromatic N) is 5. The van der Waals surface area contributed by atoms with Gasteiger partial charge >= 0.3 is 0 Å². The Morgan fingerprint density at radius 3 is 2.61 bits per heavy atom. The maximum atomic E-state index is 12.9. The van der Waals surface area contributed by atoms with Gasteiger partial charge in [0.25, 0.3) is 0 Å². The Hall–Kier alpha value is -4.24. The summed E-state index contributed by atoms with van der Waals surface area (Å²) in [6.45, 7) is 8.66. The molecule has 44 heavy (non-hydrogen) atoms. The van der Waals surface area contributed by atoms with Gasteiger partial charge in [-0.15, -0.1) is 0 Å². The molecule has 9 heteroatoms. The van der Waals surface area contributed by atoms with Gasteiger partial charge in [-0.1, -0.05) is 19.3 Å². The van der Waals surface area contributed by atoms with E-state index in [1.54, 1.807) is 6.20 Å². The molecule has 230 valence electrons. The van der Waals surface area contributed by atoms with Crippen LogP contribution < -0.4 is 16.0 Å². The number of rotatable bonds is 8. The molecule has 9 nitrogen and oxygen atoms in total. The van der Waals surface area contributed by atoms with Crippen molar-refractivity contribution in [2.24, 2.45) is 10.9 Å². The highest BCUT2D eigenvalue weighted by Crippen LogP contribution is 2.32. The van der Waals surface area contributed by atoms with Crippen LogP contribution in [0.5, 0.6) is 0 Å². The number of hydrogen-bond acceptors (Lipinski definition) is 7. The lowest BCUT2D eigenvalue weighted by atomic mass is 9.87. The van der Waals surface area contributed by atoms with Gasteiger partial charge in [-0.05, 0) is 75.5 Å². The molecule has 4 N–H and O–H groups in total. The number of nitrogens with one attached hydrogen (secondary N) is 2. The van der Waals surface area contributed by atoms with Gasteiger partial charge in [-0.2, -0.15) is 0 Å². The zero-order valence-corrected chi connectivity index (χ0v) is 26.2. The Labute approximate surface area is 260 Å². The molecule has 6 rings (SSSR count). The van der Waals surface area contributed by atoms with E-state index in [2.05, 4.69) is 44.3 Å². The molecule has 0 spiro atoms. The first-order valence-electron chi connectivity index (χ1n) is 16.0. The fourth-order valence-corrected chi connectivity index (χ4v) is 6.63. The van der Waals surface area contributed by atoms with Crippen LogP contribution >= 0.6 is 0 Å². The van der Waals surface area contributed by atoms with Crippen LogP contribution in [-0.2, 0) is 4.79 Å². The summed E-state index contributed by atoms with van der Waals surface area (Å²) >= 11 is 0. The van der Waals surface area contributed by atoms with Crippen LogP contribution in [0.15, 0.2) is 53.9 Å². The van der Waals surface area contributed by atoms with Crippen molar-refractivity contribution in [1.82, 2.24) is 19.9 Å². The molecule has 2 aliphatic rings. The lowest BCUT2D eigenvalue weighted by molar-refractivity contribution is -0.117. The van der Waals surface area contributed by atoms with E-state index in [1.807, 2.05) is 44.4 Å². The zero-order valence-electron chi connectivity index (χ0n) is 26.2. The molecular formula is C35H44N8O. The monoisotopic (exact) mass is 592 g/mol. The number of hydrogen-bond donors (Lipinski definition) is 3. The first-order chi connectivity index (χ1) is 21.4. The van der Waals surface area contributed by atoms with Gasteiger partial charge in [0, 0.05) is 61.3 Å². The van der Waals surface area contributed by atoms with Crippen molar-refractivity contribution in [3.05, 3.63) is 65.7 Å². The number of nitrogens with two attached hydrogens (primary N) is 1.